The van der Waals surface area contributed by atoms with Crippen molar-refractivity contribution in [1.29, 1.82) is 0 Å². The third-order valence-electron chi connectivity index (χ3n) is 1.76. The van der Waals surface area contributed by atoms with Gasteiger partial charge in [-0.05, 0) is 0 Å². The van der Waals surface area contributed by atoms with Crippen molar-refractivity contribution < 1.29 is 25.2 Å². The van der Waals surface area contributed by atoms with Crippen molar-refractivity contribution >= 4 is 0 Å². The van der Waals surface area contributed by atoms with Crippen LogP contribution in [0.15, 0.2) is 0 Å². The van der Waals surface area contributed by atoms with Crippen LogP contribution in [-0.2, 0) is 4.74 Å². The first-order valence-corrected chi connectivity index (χ1v) is 3.43. The van der Waals surface area contributed by atoms with Crippen LogP contribution >= 0.6 is 0 Å². The highest BCUT2D eigenvalue weighted by Crippen LogP contribution is 2.16. The van der Waals surface area contributed by atoms with Crippen LogP contribution in [0.3, 0.4) is 0 Å². The number of rotatable bonds is 2. The standard InChI is InChI=1S/C6H12O5/c7-1-3(8)6-5(10)4(9)2-11-6/h3-10H,1-2H2/t3-,4?,5?,6?/m1/s1. The molecule has 4 N–H and O–H groups in total. The van der Waals surface area contributed by atoms with Crippen LogP contribution in [0.1, 0.15) is 0 Å². The van der Waals surface area contributed by atoms with E-state index >= 15 is 0 Å². The van der Waals surface area contributed by atoms with Gasteiger partial charge in [0, 0.05) is 0 Å². The summed E-state index contributed by atoms with van der Waals surface area (Å²) < 4.78 is 4.82. The second kappa shape index (κ2) is 3.46. The Morgan fingerprint density at radius 3 is 2.45 bits per heavy atom. The third kappa shape index (κ3) is 1.69. The largest absolute Gasteiger partial charge is 0.394 e. The second-order valence-corrected chi connectivity index (χ2v) is 2.61. The van der Waals surface area contributed by atoms with Crippen molar-refractivity contribution in [2.24, 2.45) is 0 Å². The molecule has 3 unspecified atom stereocenters. The zero-order valence-electron chi connectivity index (χ0n) is 5.92. The smallest absolute Gasteiger partial charge is 0.114 e. The SMILES string of the molecule is OC[C@@H](O)C1OCC(O)C1O. The van der Waals surface area contributed by atoms with Gasteiger partial charge < -0.3 is 25.2 Å². The lowest BCUT2D eigenvalue weighted by Crippen LogP contribution is -2.40. The van der Waals surface area contributed by atoms with Gasteiger partial charge in [-0.25, -0.2) is 0 Å². The van der Waals surface area contributed by atoms with E-state index in [4.69, 9.17) is 25.2 Å². The molecular weight excluding hydrogens is 152 g/mol. The van der Waals surface area contributed by atoms with E-state index in [9.17, 15) is 0 Å². The highest BCUT2D eigenvalue weighted by molar-refractivity contribution is 4.87. The molecule has 0 amide bonds. The van der Waals surface area contributed by atoms with Crippen molar-refractivity contribution in [1.82, 2.24) is 0 Å². The molecule has 0 saturated carbocycles. The number of aliphatic hydroxyl groups is 4. The lowest BCUT2D eigenvalue weighted by molar-refractivity contribution is -0.0684. The Balaban J connectivity index is 2.47. The summed E-state index contributed by atoms with van der Waals surface area (Å²) in [6, 6.07) is 0. The first kappa shape index (κ1) is 8.89. The van der Waals surface area contributed by atoms with Gasteiger partial charge in [0.15, 0.2) is 0 Å². The number of ether oxygens (including phenoxy) is 1. The maximum atomic E-state index is 9.11. The molecule has 5 heteroatoms. The van der Waals surface area contributed by atoms with Gasteiger partial charge in [0.25, 0.3) is 0 Å². The molecule has 1 aliphatic rings. The van der Waals surface area contributed by atoms with Gasteiger partial charge in [-0.2, -0.15) is 0 Å². The lowest BCUT2D eigenvalue weighted by atomic mass is 10.1. The highest BCUT2D eigenvalue weighted by Gasteiger charge is 2.38. The molecule has 1 rings (SSSR count). The van der Waals surface area contributed by atoms with Gasteiger partial charge >= 0.3 is 0 Å². The fourth-order valence-corrected chi connectivity index (χ4v) is 1.07. The zero-order chi connectivity index (χ0) is 8.43. The maximum Gasteiger partial charge on any atom is 0.114 e. The average Bonchev–Trinajstić information content (AvgIpc) is 2.32. The number of hydrogen-bond donors (Lipinski definition) is 4. The third-order valence-corrected chi connectivity index (χ3v) is 1.76. The van der Waals surface area contributed by atoms with Gasteiger partial charge in [-0.3, -0.25) is 0 Å². The minimum absolute atomic E-state index is 0.00287. The molecule has 0 radical (unpaired) electrons. The van der Waals surface area contributed by atoms with Crippen LogP contribution in [0.2, 0.25) is 0 Å². The minimum Gasteiger partial charge on any atom is -0.394 e. The second-order valence-electron chi connectivity index (χ2n) is 2.61. The fraction of sp³-hybridized carbons (Fsp3) is 1.00. The maximum absolute atomic E-state index is 9.11. The summed E-state index contributed by atoms with van der Waals surface area (Å²) in [7, 11) is 0. The first-order valence-electron chi connectivity index (χ1n) is 3.43. The molecule has 1 fully saturated rings. The van der Waals surface area contributed by atoms with E-state index in [1.165, 1.54) is 0 Å². The first-order chi connectivity index (χ1) is 5.16. The van der Waals surface area contributed by atoms with E-state index in [1.807, 2.05) is 0 Å². The van der Waals surface area contributed by atoms with E-state index in [-0.39, 0.29) is 6.61 Å². The van der Waals surface area contributed by atoms with Crippen molar-refractivity contribution in [2.75, 3.05) is 13.2 Å². The number of aliphatic hydroxyl groups excluding tert-OH is 4. The lowest BCUT2D eigenvalue weighted by Gasteiger charge is -2.18. The Hall–Kier alpha value is -0.200. The van der Waals surface area contributed by atoms with Gasteiger partial charge in [-0.15, -0.1) is 0 Å². The van der Waals surface area contributed by atoms with Gasteiger partial charge in [0.1, 0.15) is 24.4 Å². The predicted octanol–water partition coefficient (Wildman–Crippen LogP) is -2.54. The predicted molar refractivity (Wildman–Crippen MR) is 34.8 cm³/mol. The molecule has 4 atom stereocenters. The molecular formula is C6H12O5. The summed E-state index contributed by atoms with van der Waals surface area (Å²) in [6.45, 7) is -0.475. The molecule has 0 bridgehead atoms. The van der Waals surface area contributed by atoms with E-state index in [0.29, 0.717) is 0 Å². The Bertz CT molecular complexity index is 128. The van der Waals surface area contributed by atoms with Crippen molar-refractivity contribution in [3.8, 4) is 0 Å². The van der Waals surface area contributed by atoms with Crippen molar-refractivity contribution in [3.63, 3.8) is 0 Å². The van der Waals surface area contributed by atoms with E-state index < -0.39 is 31.0 Å². The molecule has 0 aromatic rings. The number of hydrogen-bond acceptors (Lipinski definition) is 5. The average molecular weight is 164 g/mol. The van der Waals surface area contributed by atoms with Crippen LogP contribution in [-0.4, -0.2) is 58.1 Å². The Morgan fingerprint density at radius 1 is 1.45 bits per heavy atom. The highest BCUT2D eigenvalue weighted by atomic mass is 16.5. The summed E-state index contributed by atoms with van der Waals surface area (Å²) in [5.41, 5.74) is 0. The minimum atomic E-state index is -1.12. The van der Waals surface area contributed by atoms with Crippen LogP contribution in [0.25, 0.3) is 0 Å². The molecule has 1 saturated heterocycles. The quantitative estimate of drug-likeness (QED) is 0.361. The molecule has 0 aromatic carbocycles. The summed E-state index contributed by atoms with van der Waals surface area (Å²) in [5.74, 6) is 0. The molecule has 0 spiro atoms. The Labute approximate surface area is 63.8 Å². The van der Waals surface area contributed by atoms with E-state index in [2.05, 4.69) is 0 Å². The monoisotopic (exact) mass is 164 g/mol. The Morgan fingerprint density at radius 2 is 2.09 bits per heavy atom. The molecule has 0 aromatic heterocycles. The summed E-state index contributed by atoms with van der Waals surface area (Å²) in [6.07, 6.45) is -4.05. The summed E-state index contributed by atoms with van der Waals surface area (Å²) in [5, 5.41) is 35.5. The molecule has 1 aliphatic heterocycles. The van der Waals surface area contributed by atoms with Crippen LogP contribution < -0.4 is 0 Å². The van der Waals surface area contributed by atoms with Crippen LogP contribution in [0.5, 0.6) is 0 Å². The van der Waals surface area contributed by atoms with Gasteiger partial charge in [-0.1, -0.05) is 0 Å². The topological polar surface area (TPSA) is 90.2 Å². The van der Waals surface area contributed by atoms with Crippen molar-refractivity contribution in [2.45, 2.75) is 24.4 Å². The summed E-state index contributed by atoms with van der Waals surface area (Å²) in [4.78, 5) is 0. The molecule has 5 nitrogen and oxygen atoms in total. The fourth-order valence-electron chi connectivity index (χ4n) is 1.07. The molecule has 1 heterocycles. The molecule has 11 heavy (non-hydrogen) atoms. The normalized spacial score (nSPS) is 40.9. The van der Waals surface area contributed by atoms with E-state index in [0.717, 1.165) is 0 Å². The van der Waals surface area contributed by atoms with Gasteiger partial charge in [0.2, 0.25) is 0 Å². The zero-order valence-corrected chi connectivity index (χ0v) is 5.92. The molecule has 66 valence electrons. The Kier molecular flexibility index (Phi) is 2.80. The van der Waals surface area contributed by atoms with Crippen LogP contribution in [0, 0.1) is 0 Å². The van der Waals surface area contributed by atoms with Crippen molar-refractivity contribution in [3.05, 3.63) is 0 Å². The van der Waals surface area contributed by atoms with Gasteiger partial charge in [0.05, 0.1) is 13.2 Å². The summed E-state index contributed by atoms with van der Waals surface area (Å²) >= 11 is 0. The molecule has 0 aliphatic carbocycles. The van der Waals surface area contributed by atoms with Crippen LogP contribution in [0.4, 0.5) is 0 Å². The van der Waals surface area contributed by atoms with E-state index in [1.54, 1.807) is 0 Å².